The number of ether oxygens (including phenoxy) is 1. The van der Waals surface area contributed by atoms with Crippen LogP contribution in [0.3, 0.4) is 0 Å². The van der Waals surface area contributed by atoms with Gasteiger partial charge in [-0.2, -0.15) is 0 Å². The van der Waals surface area contributed by atoms with E-state index in [4.69, 9.17) is 9.84 Å². The Bertz CT molecular complexity index is 306. The van der Waals surface area contributed by atoms with Gasteiger partial charge in [0.1, 0.15) is 12.4 Å². The van der Waals surface area contributed by atoms with Gasteiger partial charge in [-0.3, -0.25) is 0 Å². The highest BCUT2D eigenvalue weighted by atomic mass is 16.6. The smallest absolute Gasteiger partial charge is 0.119 e. The largest absolute Gasteiger partial charge is 0.491 e. The van der Waals surface area contributed by atoms with Gasteiger partial charge >= 0.3 is 0 Å². The lowest BCUT2D eigenvalue weighted by atomic mass is 10.1. The van der Waals surface area contributed by atoms with E-state index in [0.717, 1.165) is 12.2 Å². The van der Waals surface area contributed by atoms with Crippen LogP contribution in [0, 0.1) is 0 Å². The van der Waals surface area contributed by atoms with E-state index in [1.165, 1.54) is 50.5 Å². The second kappa shape index (κ2) is 10.9. The third-order valence-electron chi connectivity index (χ3n) is 3.35. The second-order valence-electron chi connectivity index (χ2n) is 5.09. The van der Waals surface area contributed by atoms with Gasteiger partial charge in [-0.1, -0.05) is 57.6 Å². The first-order chi connectivity index (χ1) is 9.36. The molecule has 19 heavy (non-hydrogen) atoms. The number of aliphatic hydroxyl groups excluding tert-OH is 1. The van der Waals surface area contributed by atoms with Crippen molar-refractivity contribution in [1.82, 2.24) is 0 Å². The molecule has 0 saturated carbocycles. The predicted octanol–water partition coefficient (Wildman–Crippen LogP) is 4.35. The van der Waals surface area contributed by atoms with Gasteiger partial charge in [0, 0.05) is 0 Å². The van der Waals surface area contributed by atoms with Crippen molar-refractivity contribution in [2.75, 3.05) is 13.2 Å². The van der Waals surface area contributed by atoms with Crippen molar-refractivity contribution < 1.29 is 9.84 Å². The Morgan fingerprint density at radius 2 is 1.53 bits per heavy atom. The molecule has 0 saturated heterocycles. The topological polar surface area (TPSA) is 29.5 Å². The van der Waals surface area contributed by atoms with Gasteiger partial charge in [-0.05, 0) is 30.5 Å². The summed E-state index contributed by atoms with van der Waals surface area (Å²) in [7, 11) is 0. The fourth-order valence-corrected chi connectivity index (χ4v) is 2.20. The van der Waals surface area contributed by atoms with Crippen molar-refractivity contribution in [3.63, 3.8) is 0 Å². The SMILES string of the molecule is CCCCCCCCC[13c]1[13cH][13cH][13c](OCCO)[13cH][13cH]1. The van der Waals surface area contributed by atoms with Crippen molar-refractivity contribution in [2.24, 2.45) is 0 Å². The number of benzene rings is 1. The van der Waals surface area contributed by atoms with E-state index in [-0.39, 0.29) is 6.61 Å². The molecule has 108 valence electrons. The van der Waals surface area contributed by atoms with Gasteiger partial charge in [-0.15, -0.1) is 0 Å². The van der Waals surface area contributed by atoms with Gasteiger partial charge < -0.3 is 9.84 Å². The summed E-state index contributed by atoms with van der Waals surface area (Å²) < 4.78 is 5.34. The Morgan fingerprint density at radius 1 is 0.895 bits per heavy atom. The summed E-state index contributed by atoms with van der Waals surface area (Å²) in [6.07, 6.45) is 10.6. The quantitative estimate of drug-likeness (QED) is 0.606. The normalized spacial score (nSPS) is 10.6. The average Bonchev–Trinajstić information content (AvgIpc) is 2.45. The van der Waals surface area contributed by atoms with Crippen LogP contribution in [0.5, 0.6) is 5.75 Å². The molecule has 0 unspecified atom stereocenters. The first-order valence-corrected chi connectivity index (χ1v) is 7.69. The van der Waals surface area contributed by atoms with Crippen LogP contribution in [0.15, 0.2) is 24.3 Å². The first kappa shape index (κ1) is 16.0. The lowest BCUT2D eigenvalue weighted by Crippen LogP contribution is -2.01. The minimum absolute atomic E-state index is 0.0692. The number of hydrogen-bond acceptors (Lipinski definition) is 2. The fourth-order valence-electron chi connectivity index (χ4n) is 2.20. The molecular weight excluding hydrogens is 242 g/mol. The molecule has 2 heteroatoms. The number of aliphatic hydroxyl groups is 1. The van der Waals surface area contributed by atoms with E-state index in [1.54, 1.807) is 0 Å². The third kappa shape index (κ3) is 7.89. The molecule has 0 aliphatic carbocycles. The van der Waals surface area contributed by atoms with E-state index in [0.29, 0.717) is 6.61 Å². The maximum absolute atomic E-state index is 8.68. The highest BCUT2D eigenvalue weighted by Crippen LogP contribution is 2.15. The lowest BCUT2D eigenvalue weighted by molar-refractivity contribution is 0.201. The first-order valence-electron chi connectivity index (χ1n) is 7.69. The molecule has 1 aromatic rings. The van der Waals surface area contributed by atoms with Gasteiger partial charge in [0.15, 0.2) is 0 Å². The molecular formula is C17H28O2. The molecule has 1 aromatic carbocycles. The summed E-state index contributed by atoms with van der Waals surface area (Å²) in [5.74, 6) is 0.845. The van der Waals surface area contributed by atoms with Crippen LogP contribution in [0.1, 0.15) is 57.4 Å². The summed E-state index contributed by atoms with van der Waals surface area (Å²) >= 11 is 0. The van der Waals surface area contributed by atoms with Crippen LogP contribution in [0.25, 0.3) is 0 Å². The molecule has 0 amide bonds. The summed E-state index contributed by atoms with van der Waals surface area (Å²) in [6.45, 7) is 2.70. The number of aryl methyl sites for hydroxylation is 1. The predicted molar refractivity (Wildman–Crippen MR) is 80.7 cm³/mol. The molecule has 0 heterocycles. The summed E-state index contributed by atoms with van der Waals surface area (Å²) in [5, 5.41) is 8.68. The van der Waals surface area contributed by atoms with Crippen molar-refractivity contribution in [3.05, 3.63) is 29.8 Å². The number of hydrogen-bond donors (Lipinski definition) is 1. The van der Waals surface area contributed by atoms with E-state index >= 15 is 0 Å². The van der Waals surface area contributed by atoms with Crippen molar-refractivity contribution in [1.29, 1.82) is 0 Å². The van der Waals surface area contributed by atoms with Crippen LogP contribution in [0.2, 0.25) is 0 Å². The van der Waals surface area contributed by atoms with Crippen LogP contribution >= 0.6 is 0 Å². The molecule has 0 atom stereocenters. The van der Waals surface area contributed by atoms with E-state index in [9.17, 15) is 0 Å². The van der Waals surface area contributed by atoms with Crippen molar-refractivity contribution in [3.8, 4) is 5.75 Å². The molecule has 0 radical (unpaired) electrons. The van der Waals surface area contributed by atoms with Crippen LogP contribution in [-0.2, 0) is 6.42 Å². The molecule has 0 aromatic heterocycles. The monoisotopic (exact) mass is 270 g/mol. The maximum atomic E-state index is 8.68. The average molecular weight is 270 g/mol. The minimum atomic E-state index is 0.0692. The Hall–Kier alpha value is -1.02. The number of rotatable bonds is 11. The highest BCUT2D eigenvalue weighted by molar-refractivity contribution is 5.27. The van der Waals surface area contributed by atoms with E-state index in [1.807, 2.05) is 12.1 Å². The van der Waals surface area contributed by atoms with Gasteiger partial charge in [0.2, 0.25) is 0 Å². The molecule has 2 nitrogen and oxygen atoms in total. The zero-order chi connectivity index (χ0) is 13.8. The van der Waals surface area contributed by atoms with Gasteiger partial charge in [-0.25, -0.2) is 0 Å². The standard InChI is InChI=1S/C17H28O2/c1-2-3-4-5-6-7-8-9-16-10-12-17(13-11-16)19-15-14-18/h10-13,18H,2-9,14-15H2,1H3/i10+1,11+1,12+1,13+1,16+1,17+1. The van der Waals surface area contributed by atoms with Crippen LogP contribution in [0.4, 0.5) is 0 Å². The zero-order valence-electron chi connectivity index (χ0n) is 12.2. The Balaban J connectivity index is 2.09. The molecule has 0 bridgehead atoms. The minimum Gasteiger partial charge on any atom is -0.491 e. The van der Waals surface area contributed by atoms with Gasteiger partial charge in [0.25, 0.3) is 0 Å². The highest BCUT2D eigenvalue weighted by Gasteiger charge is 1.96. The van der Waals surface area contributed by atoms with Crippen LogP contribution in [-0.4, -0.2) is 18.3 Å². The number of unbranched alkanes of at least 4 members (excludes halogenated alkanes) is 6. The fraction of sp³-hybridized carbons (Fsp3) is 0.647. The van der Waals surface area contributed by atoms with Gasteiger partial charge in [0.05, 0.1) is 6.61 Å². The summed E-state index contributed by atoms with van der Waals surface area (Å²) in [6, 6.07) is 8.24. The van der Waals surface area contributed by atoms with Crippen molar-refractivity contribution in [2.45, 2.75) is 58.3 Å². The molecule has 1 rings (SSSR count). The summed E-state index contributed by atoms with van der Waals surface area (Å²) in [4.78, 5) is 0. The lowest BCUT2D eigenvalue weighted by Gasteiger charge is -2.06. The Morgan fingerprint density at radius 3 is 2.16 bits per heavy atom. The summed E-state index contributed by atoms with van der Waals surface area (Å²) in [5.41, 5.74) is 1.38. The second-order valence-corrected chi connectivity index (χ2v) is 5.09. The molecule has 0 fully saturated rings. The molecule has 0 aliphatic rings. The molecule has 0 spiro atoms. The molecule has 0 aliphatic heterocycles. The Labute approximate surface area is 117 Å². The maximum Gasteiger partial charge on any atom is 0.119 e. The zero-order valence-corrected chi connectivity index (χ0v) is 12.2. The molecule has 1 N–H and O–H groups in total. The third-order valence-corrected chi connectivity index (χ3v) is 3.35. The van der Waals surface area contributed by atoms with E-state index < -0.39 is 0 Å². The van der Waals surface area contributed by atoms with Crippen molar-refractivity contribution >= 4 is 0 Å². The van der Waals surface area contributed by atoms with Crippen LogP contribution < -0.4 is 4.74 Å². The van der Waals surface area contributed by atoms with E-state index in [2.05, 4.69) is 19.1 Å². The Kier molecular flexibility index (Phi) is 9.17.